The Kier molecular flexibility index (Phi) is 7.00. The fraction of sp³-hybridized carbons (Fsp3) is 0.409. The Morgan fingerprint density at radius 3 is 2.50 bits per heavy atom. The maximum Gasteiger partial charge on any atom is 0.317 e. The average molecular weight is 380 g/mol. The van der Waals surface area contributed by atoms with Crippen LogP contribution in [0.1, 0.15) is 31.0 Å². The number of piperidine rings is 1. The minimum Gasteiger partial charge on any atom is -0.352 e. The number of urea groups is 1. The van der Waals surface area contributed by atoms with Gasteiger partial charge in [-0.15, -0.1) is 0 Å². The lowest BCUT2D eigenvalue weighted by Crippen LogP contribution is -2.49. The highest BCUT2D eigenvalue weighted by molar-refractivity contribution is 5.79. The van der Waals surface area contributed by atoms with Crippen LogP contribution in [0.5, 0.6) is 0 Å². The predicted octanol–water partition coefficient (Wildman–Crippen LogP) is 2.75. The van der Waals surface area contributed by atoms with Crippen molar-refractivity contribution in [1.82, 2.24) is 20.5 Å². The van der Waals surface area contributed by atoms with Crippen molar-refractivity contribution in [3.63, 3.8) is 0 Å². The number of amides is 3. The van der Waals surface area contributed by atoms with E-state index in [4.69, 9.17) is 0 Å². The van der Waals surface area contributed by atoms with Gasteiger partial charge >= 0.3 is 6.03 Å². The molecule has 2 aromatic rings. The second-order valence-electron chi connectivity index (χ2n) is 7.34. The van der Waals surface area contributed by atoms with E-state index < -0.39 is 0 Å². The molecular weight excluding hydrogens is 352 g/mol. The Morgan fingerprint density at radius 1 is 1.11 bits per heavy atom. The van der Waals surface area contributed by atoms with Gasteiger partial charge in [0.1, 0.15) is 0 Å². The van der Waals surface area contributed by atoms with E-state index in [0.717, 1.165) is 11.3 Å². The van der Waals surface area contributed by atoms with Crippen LogP contribution in [0.25, 0.3) is 0 Å². The standard InChI is InChI=1S/C22H28N4O2/c1-17(15-20-9-5-6-12-23-20)25-22(28)26-13-10-19(11-14-26)21(27)24-16-18-7-3-2-4-8-18/h2-9,12,17,19H,10-11,13-16H2,1H3,(H,24,27)(H,25,28)/t17-/m0/s1. The maximum absolute atomic E-state index is 12.5. The topological polar surface area (TPSA) is 74.3 Å². The Balaban J connectivity index is 1.39. The molecular formula is C22H28N4O2. The first-order valence-corrected chi connectivity index (χ1v) is 9.89. The Bertz CT molecular complexity index is 759. The number of hydrogen-bond acceptors (Lipinski definition) is 3. The van der Waals surface area contributed by atoms with Gasteiger partial charge in [-0.25, -0.2) is 4.79 Å². The van der Waals surface area contributed by atoms with Crippen molar-refractivity contribution in [3.8, 4) is 0 Å². The summed E-state index contributed by atoms with van der Waals surface area (Å²) in [5, 5.41) is 6.04. The summed E-state index contributed by atoms with van der Waals surface area (Å²) in [4.78, 5) is 31.0. The van der Waals surface area contributed by atoms with Crippen LogP contribution in [0, 0.1) is 5.92 Å². The maximum atomic E-state index is 12.5. The highest BCUT2D eigenvalue weighted by atomic mass is 16.2. The molecule has 1 aromatic carbocycles. The van der Waals surface area contributed by atoms with Crippen LogP contribution in [0.2, 0.25) is 0 Å². The summed E-state index contributed by atoms with van der Waals surface area (Å²) in [6, 6.07) is 15.6. The van der Waals surface area contributed by atoms with E-state index in [1.807, 2.05) is 55.5 Å². The molecule has 2 N–H and O–H groups in total. The van der Waals surface area contributed by atoms with E-state index in [1.54, 1.807) is 11.1 Å². The van der Waals surface area contributed by atoms with Crippen molar-refractivity contribution in [1.29, 1.82) is 0 Å². The third-order valence-corrected chi connectivity index (χ3v) is 5.07. The van der Waals surface area contributed by atoms with E-state index in [-0.39, 0.29) is 23.9 Å². The quantitative estimate of drug-likeness (QED) is 0.809. The zero-order valence-electron chi connectivity index (χ0n) is 16.3. The Hall–Kier alpha value is -2.89. The highest BCUT2D eigenvalue weighted by Gasteiger charge is 2.27. The van der Waals surface area contributed by atoms with Gasteiger partial charge in [-0.2, -0.15) is 0 Å². The third-order valence-electron chi connectivity index (χ3n) is 5.07. The van der Waals surface area contributed by atoms with Crippen LogP contribution in [0.4, 0.5) is 4.79 Å². The van der Waals surface area contributed by atoms with Crippen molar-refractivity contribution in [3.05, 3.63) is 66.0 Å². The van der Waals surface area contributed by atoms with Crippen LogP contribution in [-0.4, -0.2) is 41.0 Å². The second kappa shape index (κ2) is 9.88. The molecule has 0 bridgehead atoms. The number of hydrogen-bond donors (Lipinski definition) is 2. The monoisotopic (exact) mass is 380 g/mol. The van der Waals surface area contributed by atoms with Gasteiger partial charge < -0.3 is 15.5 Å². The number of nitrogens with zero attached hydrogens (tertiary/aromatic N) is 2. The first-order chi connectivity index (χ1) is 13.6. The van der Waals surface area contributed by atoms with Crippen LogP contribution in [0.3, 0.4) is 0 Å². The van der Waals surface area contributed by atoms with Crippen molar-refractivity contribution < 1.29 is 9.59 Å². The van der Waals surface area contributed by atoms with E-state index in [1.165, 1.54) is 0 Å². The smallest absolute Gasteiger partial charge is 0.317 e. The van der Waals surface area contributed by atoms with Gasteiger partial charge in [0.25, 0.3) is 0 Å². The van der Waals surface area contributed by atoms with Gasteiger partial charge in [0, 0.05) is 49.9 Å². The molecule has 0 spiro atoms. The minimum absolute atomic E-state index is 0.00861. The first kappa shape index (κ1) is 19.9. The van der Waals surface area contributed by atoms with Gasteiger partial charge in [0.05, 0.1) is 0 Å². The summed E-state index contributed by atoms with van der Waals surface area (Å²) >= 11 is 0. The van der Waals surface area contributed by atoms with E-state index in [0.29, 0.717) is 38.9 Å². The van der Waals surface area contributed by atoms with Crippen LogP contribution < -0.4 is 10.6 Å². The molecule has 2 heterocycles. The van der Waals surface area contributed by atoms with Gasteiger partial charge in [0.15, 0.2) is 0 Å². The third kappa shape index (κ3) is 5.81. The van der Waals surface area contributed by atoms with Gasteiger partial charge in [-0.3, -0.25) is 9.78 Å². The molecule has 3 amide bonds. The van der Waals surface area contributed by atoms with Crippen LogP contribution >= 0.6 is 0 Å². The molecule has 148 valence electrons. The lowest BCUT2D eigenvalue weighted by atomic mass is 9.96. The molecule has 6 heteroatoms. The van der Waals surface area contributed by atoms with Crippen molar-refractivity contribution in [2.75, 3.05) is 13.1 Å². The lowest BCUT2D eigenvalue weighted by molar-refractivity contribution is -0.126. The van der Waals surface area contributed by atoms with Gasteiger partial charge in [-0.05, 0) is 37.5 Å². The number of carbonyl (C=O) groups is 2. The fourth-order valence-electron chi connectivity index (χ4n) is 3.46. The number of carbonyl (C=O) groups excluding carboxylic acids is 2. The fourth-order valence-corrected chi connectivity index (χ4v) is 3.46. The van der Waals surface area contributed by atoms with Crippen molar-refractivity contribution in [2.45, 2.75) is 38.8 Å². The Labute approximate surface area is 166 Å². The van der Waals surface area contributed by atoms with Crippen LogP contribution in [0.15, 0.2) is 54.7 Å². The summed E-state index contributed by atoms with van der Waals surface area (Å²) in [5.41, 5.74) is 2.05. The molecule has 0 unspecified atom stereocenters. The zero-order chi connectivity index (χ0) is 19.8. The normalized spacial score (nSPS) is 15.7. The average Bonchev–Trinajstić information content (AvgIpc) is 2.73. The van der Waals surface area contributed by atoms with Crippen LogP contribution in [-0.2, 0) is 17.8 Å². The number of nitrogens with one attached hydrogen (secondary N) is 2. The molecule has 3 rings (SSSR count). The van der Waals surface area contributed by atoms with Crippen molar-refractivity contribution >= 4 is 11.9 Å². The summed E-state index contributed by atoms with van der Waals surface area (Å²) in [7, 11) is 0. The van der Waals surface area contributed by atoms with Crippen molar-refractivity contribution in [2.24, 2.45) is 5.92 Å². The summed E-state index contributed by atoms with van der Waals surface area (Å²) in [6.07, 6.45) is 3.85. The zero-order valence-corrected chi connectivity index (χ0v) is 16.3. The minimum atomic E-state index is -0.0634. The van der Waals surface area contributed by atoms with Gasteiger partial charge in [0.2, 0.25) is 5.91 Å². The first-order valence-electron chi connectivity index (χ1n) is 9.89. The molecule has 1 aromatic heterocycles. The van der Waals surface area contributed by atoms with Gasteiger partial charge in [-0.1, -0.05) is 36.4 Å². The van der Waals surface area contributed by atoms with E-state index in [9.17, 15) is 9.59 Å². The molecule has 1 aliphatic rings. The molecule has 0 aliphatic carbocycles. The summed E-state index contributed by atoms with van der Waals surface area (Å²) in [5.74, 6) is 0.0473. The van der Waals surface area contributed by atoms with E-state index >= 15 is 0 Å². The lowest BCUT2D eigenvalue weighted by Gasteiger charge is -2.32. The highest BCUT2D eigenvalue weighted by Crippen LogP contribution is 2.18. The number of pyridine rings is 1. The predicted molar refractivity (Wildman–Crippen MR) is 109 cm³/mol. The molecule has 1 aliphatic heterocycles. The number of benzene rings is 1. The summed E-state index contributed by atoms with van der Waals surface area (Å²) in [6.45, 7) is 3.74. The number of aromatic nitrogens is 1. The molecule has 1 atom stereocenters. The summed E-state index contributed by atoms with van der Waals surface area (Å²) < 4.78 is 0. The number of likely N-dealkylation sites (tertiary alicyclic amines) is 1. The second-order valence-corrected chi connectivity index (χ2v) is 7.34. The molecule has 1 saturated heterocycles. The van der Waals surface area contributed by atoms with E-state index in [2.05, 4.69) is 15.6 Å². The largest absolute Gasteiger partial charge is 0.352 e. The Morgan fingerprint density at radius 2 is 1.82 bits per heavy atom. The molecule has 0 saturated carbocycles. The molecule has 1 fully saturated rings. The SMILES string of the molecule is C[C@@H](Cc1ccccn1)NC(=O)N1CCC(C(=O)NCc2ccccc2)CC1. The molecule has 0 radical (unpaired) electrons. The molecule has 6 nitrogen and oxygen atoms in total. The molecule has 28 heavy (non-hydrogen) atoms. The number of rotatable bonds is 6.